The van der Waals surface area contributed by atoms with E-state index in [2.05, 4.69) is 6.92 Å². The molecule has 0 radical (unpaired) electrons. The summed E-state index contributed by atoms with van der Waals surface area (Å²) in [7, 11) is 1.60. The van der Waals surface area contributed by atoms with Crippen molar-refractivity contribution in [2.75, 3.05) is 7.11 Å². The first-order valence-corrected chi connectivity index (χ1v) is 4.81. The normalized spacial score (nSPS) is 12.9. The van der Waals surface area contributed by atoms with Gasteiger partial charge in [0, 0.05) is 13.5 Å². The number of Topliss-reactive ketones (excluding diaryl/α,β-unsaturated/α-hetero) is 1. The van der Waals surface area contributed by atoms with Crippen molar-refractivity contribution >= 4 is 5.78 Å². The summed E-state index contributed by atoms with van der Waals surface area (Å²) >= 11 is 0. The number of methoxy groups -OCH3 is 1. The van der Waals surface area contributed by atoms with Crippen LogP contribution in [0.5, 0.6) is 0 Å². The Morgan fingerprint density at radius 3 is 2.42 bits per heavy atom. The third-order valence-corrected chi connectivity index (χ3v) is 2.04. The van der Waals surface area contributed by atoms with Crippen LogP contribution in [0.3, 0.4) is 0 Å². The van der Waals surface area contributed by atoms with Gasteiger partial charge in [-0.25, -0.2) is 0 Å². The molecule has 12 heavy (non-hydrogen) atoms. The van der Waals surface area contributed by atoms with Crippen LogP contribution >= 0.6 is 0 Å². The van der Waals surface area contributed by atoms with Gasteiger partial charge in [0.1, 0.15) is 6.10 Å². The first kappa shape index (κ1) is 11.6. The highest BCUT2D eigenvalue weighted by atomic mass is 16.5. The number of unbranched alkanes of at least 4 members (excludes halogenated alkanes) is 2. The van der Waals surface area contributed by atoms with E-state index in [4.69, 9.17) is 4.74 Å². The molecule has 1 atom stereocenters. The van der Waals surface area contributed by atoms with Gasteiger partial charge in [-0.15, -0.1) is 0 Å². The molecule has 0 aromatic rings. The minimum atomic E-state index is -0.165. The number of hydrogen-bond donors (Lipinski definition) is 0. The van der Waals surface area contributed by atoms with Gasteiger partial charge in [-0.2, -0.15) is 0 Å². The molecule has 0 spiro atoms. The van der Waals surface area contributed by atoms with Crippen LogP contribution in [-0.4, -0.2) is 19.0 Å². The summed E-state index contributed by atoms with van der Waals surface area (Å²) in [6, 6.07) is 0. The zero-order valence-corrected chi connectivity index (χ0v) is 8.43. The molecule has 0 amide bonds. The molecule has 0 bridgehead atoms. The molecule has 0 aliphatic carbocycles. The lowest BCUT2D eigenvalue weighted by Gasteiger charge is -2.10. The zero-order chi connectivity index (χ0) is 9.40. The van der Waals surface area contributed by atoms with E-state index >= 15 is 0 Å². The average molecular weight is 172 g/mol. The molecule has 1 unspecified atom stereocenters. The lowest BCUT2D eigenvalue weighted by molar-refractivity contribution is -0.129. The van der Waals surface area contributed by atoms with E-state index < -0.39 is 0 Å². The standard InChI is InChI=1S/C10H20O2/c1-4-6-7-8-9(11)10(5-2)12-3/h10H,4-8H2,1-3H3. The number of carbonyl (C=O) groups is 1. The van der Waals surface area contributed by atoms with E-state index in [1.165, 1.54) is 0 Å². The minimum Gasteiger partial charge on any atom is -0.374 e. The summed E-state index contributed by atoms with van der Waals surface area (Å²) in [6.45, 7) is 4.12. The van der Waals surface area contributed by atoms with E-state index in [0.717, 1.165) is 25.7 Å². The number of rotatable bonds is 7. The van der Waals surface area contributed by atoms with Crippen LogP contribution < -0.4 is 0 Å². The molecule has 0 heterocycles. The van der Waals surface area contributed by atoms with Crippen LogP contribution in [0.2, 0.25) is 0 Å². The molecule has 0 aromatic carbocycles. The van der Waals surface area contributed by atoms with Crippen LogP contribution in [0.25, 0.3) is 0 Å². The predicted octanol–water partition coefficient (Wildman–Crippen LogP) is 2.56. The fraction of sp³-hybridized carbons (Fsp3) is 0.900. The second-order valence-corrected chi connectivity index (χ2v) is 3.06. The molecule has 2 heteroatoms. The molecule has 0 saturated heterocycles. The van der Waals surface area contributed by atoms with E-state index in [-0.39, 0.29) is 11.9 Å². The van der Waals surface area contributed by atoms with Crippen molar-refractivity contribution in [1.82, 2.24) is 0 Å². The molecule has 0 aliphatic rings. The van der Waals surface area contributed by atoms with Gasteiger partial charge in [0.2, 0.25) is 0 Å². The molecule has 0 rings (SSSR count). The van der Waals surface area contributed by atoms with Gasteiger partial charge >= 0.3 is 0 Å². The highest BCUT2D eigenvalue weighted by Gasteiger charge is 2.13. The molecular weight excluding hydrogens is 152 g/mol. The first-order valence-electron chi connectivity index (χ1n) is 4.81. The topological polar surface area (TPSA) is 26.3 Å². The highest BCUT2D eigenvalue weighted by Crippen LogP contribution is 2.06. The fourth-order valence-corrected chi connectivity index (χ4v) is 1.24. The quantitative estimate of drug-likeness (QED) is 0.552. The second kappa shape index (κ2) is 7.29. The molecule has 0 N–H and O–H groups in total. The molecule has 0 aliphatic heterocycles. The summed E-state index contributed by atoms with van der Waals surface area (Å²) in [6.07, 6.45) is 4.63. The van der Waals surface area contributed by atoms with Crippen molar-refractivity contribution < 1.29 is 9.53 Å². The van der Waals surface area contributed by atoms with Crippen LogP contribution in [0.4, 0.5) is 0 Å². The molecule has 2 nitrogen and oxygen atoms in total. The molecular formula is C10H20O2. The number of hydrogen-bond acceptors (Lipinski definition) is 2. The largest absolute Gasteiger partial charge is 0.374 e. The lowest BCUT2D eigenvalue weighted by Crippen LogP contribution is -2.21. The summed E-state index contributed by atoms with van der Waals surface area (Å²) in [5.41, 5.74) is 0. The van der Waals surface area contributed by atoms with Crippen molar-refractivity contribution in [3.63, 3.8) is 0 Å². The Balaban J connectivity index is 3.54. The molecule has 0 saturated carbocycles. The Bertz CT molecular complexity index is 117. The van der Waals surface area contributed by atoms with Crippen molar-refractivity contribution in [3.05, 3.63) is 0 Å². The van der Waals surface area contributed by atoms with E-state index in [0.29, 0.717) is 6.42 Å². The molecule has 72 valence electrons. The van der Waals surface area contributed by atoms with Gasteiger partial charge < -0.3 is 4.74 Å². The van der Waals surface area contributed by atoms with Gasteiger partial charge in [0.05, 0.1) is 0 Å². The van der Waals surface area contributed by atoms with Crippen LogP contribution in [0.15, 0.2) is 0 Å². The van der Waals surface area contributed by atoms with Crippen molar-refractivity contribution in [3.8, 4) is 0 Å². The van der Waals surface area contributed by atoms with Crippen molar-refractivity contribution in [1.29, 1.82) is 0 Å². The van der Waals surface area contributed by atoms with Gasteiger partial charge in [0.25, 0.3) is 0 Å². The van der Waals surface area contributed by atoms with Gasteiger partial charge in [0.15, 0.2) is 5.78 Å². The third kappa shape index (κ3) is 4.50. The summed E-state index contributed by atoms with van der Waals surface area (Å²) < 4.78 is 5.04. The number of ketones is 1. The maximum absolute atomic E-state index is 11.4. The first-order chi connectivity index (χ1) is 5.76. The predicted molar refractivity (Wildman–Crippen MR) is 50.2 cm³/mol. The van der Waals surface area contributed by atoms with E-state index in [1.807, 2.05) is 6.92 Å². The Morgan fingerprint density at radius 2 is 2.00 bits per heavy atom. The fourth-order valence-electron chi connectivity index (χ4n) is 1.24. The Morgan fingerprint density at radius 1 is 1.33 bits per heavy atom. The van der Waals surface area contributed by atoms with Crippen LogP contribution in [0.1, 0.15) is 46.0 Å². The Hall–Kier alpha value is -0.370. The van der Waals surface area contributed by atoms with Gasteiger partial charge in [-0.1, -0.05) is 26.7 Å². The van der Waals surface area contributed by atoms with E-state index in [9.17, 15) is 4.79 Å². The summed E-state index contributed by atoms with van der Waals surface area (Å²) in [5, 5.41) is 0. The summed E-state index contributed by atoms with van der Waals surface area (Å²) in [4.78, 5) is 11.4. The third-order valence-electron chi connectivity index (χ3n) is 2.04. The maximum Gasteiger partial charge on any atom is 0.161 e. The molecule has 0 aromatic heterocycles. The summed E-state index contributed by atoms with van der Waals surface area (Å²) in [5.74, 6) is 0.258. The monoisotopic (exact) mass is 172 g/mol. The van der Waals surface area contributed by atoms with Gasteiger partial charge in [-0.05, 0) is 12.8 Å². The molecule has 0 fully saturated rings. The van der Waals surface area contributed by atoms with Crippen molar-refractivity contribution in [2.45, 2.75) is 52.1 Å². The number of ether oxygens (including phenoxy) is 1. The zero-order valence-electron chi connectivity index (χ0n) is 8.43. The van der Waals surface area contributed by atoms with Crippen LogP contribution in [-0.2, 0) is 9.53 Å². The Kier molecular flexibility index (Phi) is 7.06. The minimum absolute atomic E-state index is 0.165. The number of carbonyl (C=O) groups excluding carboxylic acids is 1. The SMILES string of the molecule is CCCCCC(=O)C(CC)OC. The lowest BCUT2D eigenvalue weighted by atomic mass is 10.1. The second-order valence-electron chi connectivity index (χ2n) is 3.06. The smallest absolute Gasteiger partial charge is 0.161 e. The average Bonchev–Trinajstić information content (AvgIpc) is 2.07. The van der Waals surface area contributed by atoms with E-state index in [1.54, 1.807) is 7.11 Å². The Labute approximate surface area is 75.3 Å². The van der Waals surface area contributed by atoms with Crippen molar-refractivity contribution in [2.24, 2.45) is 0 Å². The van der Waals surface area contributed by atoms with Gasteiger partial charge in [-0.3, -0.25) is 4.79 Å². The maximum atomic E-state index is 11.4. The highest BCUT2D eigenvalue weighted by molar-refractivity contribution is 5.82. The van der Waals surface area contributed by atoms with Crippen LogP contribution in [0, 0.1) is 0 Å².